The number of nitrogen functional groups attached to an aromatic ring is 1. The van der Waals surface area contributed by atoms with Crippen molar-refractivity contribution in [1.29, 1.82) is 5.41 Å². The molecule has 1 aliphatic heterocycles. The van der Waals surface area contributed by atoms with Gasteiger partial charge in [-0.2, -0.15) is 0 Å². The van der Waals surface area contributed by atoms with Crippen LogP contribution in [-0.2, 0) is 25.6 Å². The molecular formula is C25H28ClN5O7. The Morgan fingerprint density at radius 3 is 2.16 bits per heavy atom. The summed E-state index contributed by atoms with van der Waals surface area (Å²) in [7, 11) is 0. The molecule has 2 atom stereocenters. The van der Waals surface area contributed by atoms with Crippen molar-refractivity contribution in [1.82, 2.24) is 15.1 Å². The number of carbonyl (C=O) groups is 5. The summed E-state index contributed by atoms with van der Waals surface area (Å²) >= 11 is 0. The minimum Gasteiger partial charge on any atom is -0.481 e. The number of piperazine rings is 1. The molecule has 3 amide bonds. The number of amides is 3. The van der Waals surface area contributed by atoms with Gasteiger partial charge >= 0.3 is 11.9 Å². The van der Waals surface area contributed by atoms with E-state index < -0.39 is 54.7 Å². The van der Waals surface area contributed by atoms with Crippen LogP contribution in [0.2, 0.25) is 0 Å². The molecular weight excluding hydrogens is 518 g/mol. The minimum atomic E-state index is -1.41. The first-order valence-electron chi connectivity index (χ1n) is 11.4. The van der Waals surface area contributed by atoms with Gasteiger partial charge < -0.3 is 31.1 Å². The van der Waals surface area contributed by atoms with Crippen molar-refractivity contribution in [2.45, 2.75) is 24.9 Å². The zero-order chi connectivity index (χ0) is 27.1. The molecule has 1 heterocycles. The zero-order valence-corrected chi connectivity index (χ0v) is 21.0. The second kappa shape index (κ2) is 13.2. The summed E-state index contributed by atoms with van der Waals surface area (Å²) in [6.45, 7) is -0.696. The summed E-state index contributed by atoms with van der Waals surface area (Å²) in [5.74, 6) is -4.78. The van der Waals surface area contributed by atoms with Crippen molar-refractivity contribution in [2.75, 3.05) is 19.6 Å². The fourth-order valence-electron chi connectivity index (χ4n) is 4.11. The van der Waals surface area contributed by atoms with Gasteiger partial charge in [-0.25, -0.2) is 4.79 Å². The Balaban J connectivity index is 0.00000507. The Morgan fingerprint density at radius 2 is 1.61 bits per heavy atom. The molecule has 1 aliphatic rings. The van der Waals surface area contributed by atoms with Crippen LogP contribution in [0.5, 0.6) is 0 Å². The number of aliphatic carboxylic acids is 2. The smallest absolute Gasteiger partial charge is 0.326 e. The van der Waals surface area contributed by atoms with Gasteiger partial charge in [-0.3, -0.25) is 24.6 Å². The topological polar surface area (TPSA) is 194 Å². The predicted octanol–water partition coefficient (Wildman–Crippen LogP) is 0.332. The molecule has 1 saturated heterocycles. The van der Waals surface area contributed by atoms with Crippen molar-refractivity contribution in [3.8, 4) is 0 Å². The number of hydrogen-bond acceptors (Lipinski definition) is 6. The van der Waals surface area contributed by atoms with E-state index in [1.54, 1.807) is 30.3 Å². The number of carbonyl (C=O) groups excluding carboxylic acids is 3. The summed E-state index contributed by atoms with van der Waals surface area (Å²) in [4.78, 5) is 64.2. The lowest BCUT2D eigenvalue weighted by Gasteiger charge is -2.42. The van der Waals surface area contributed by atoms with Crippen LogP contribution in [0.15, 0.2) is 54.6 Å². The van der Waals surface area contributed by atoms with Crippen molar-refractivity contribution >= 4 is 47.9 Å². The third kappa shape index (κ3) is 7.29. The molecule has 0 unspecified atom stereocenters. The first kappa shape index (κ1) is 29.8. The Bertz CT molecular complexity index is 1210. The largest absolute Gasteiger partial charge is 0.481 e. The summed E-state index contributed by atoms with van der Waals surface area (Å²) in [6, 6.07) is 11.9. The lowest BCUT2D eigenvalue weighted by atomic mass is 10.0. The van der Waals surface area contributed by atoms with E-state index in [2.05, 4.69) is 5.32 Å². The second-order valence-electron chi connectivity index (χ2n) is 8.45. The van der Waals surface area contributed by atoms with Crippen LogP contribution in [0.4, 0.5) is 0 Å². The normalized spacial score (nSPS) is 15.7. The summed E-state index contributed by atoms with van der Waals surface area (Å²) < 4.78 is 0. The van der Waals surface area contributed by atoms with Crippen LogP contribution >= 0.6 is 12.4 Å². The number of nitrogens with one attached hydrogen (secondary N) is 2. The van der Waals surface area contributed by atoms with Crippen LogP contribution in [0, 0.1) is 5.41 Å². The van der Waals surface area contributed by atoms with Gasteiger partial charge in [0.05, 0.1) is 13.0 Å². The fraction of sp³-hybridized carbons (Fsp3) is 0.280. The van der Waals surface area contributed by atoms with Crippen LogP contribution in [-0.4, -0.2) is 87.2 Å². The molecule has 6 N–H and O–H groups in total. The third-order valence-electron chi connectivity index (χ3n) is 6.01. The number of carboxylic acids is 2. The van der Waals surface area contributed by atoms with E-state index in [1.165, 1.54) is 24.3 Å². The second-order valence-corrected chi connectivity index (χ2v) is 8.45. The van der Waals surface area contributed by atoms with Crippen molar-refractivity contribution < 1.29 is 34.2 Å². The van der Waals surface area contributed by atoms with Crippen molar-refractivity contribution in [3.05, 3.63) is 71.3 Å². The quantitative estimate of drug-likeness (QED) is 0.208. The molecule has 3 rings (SSSR count). The molecule has 0 saturated carbocycles. The highest BCUT2D eigenvalue weighted by Gasteiger charge is 2.42. The highest BCUT2D eigenvalue weighted by molar-refractivity contribution is 6.00. The van der Waals surface area contributed by atoms with Crippen LogP contribution < -0.4 is 11.1 Å². The maximum atomic E-state index is 13.2. The first-order valence-corrected chi connectivity index (χ1v) is 11.4. The molecule has 2 aromatic carbocycles. The number of rotatable bonds is 10. The number of hydrogen-bond donors (Lipinski definition) is 5. The highest BCUT2D eigenvalue weighted by atomic mass is 35.5. The lowest BCUT2D eigenvalue weighted by Crippen LogP contribution is -2.63. The molecule has 2 aromatic rings. The van der Waals surface area contributed by atoms with E-state index >= 15 is 0 Å². The predicted molar refractivity (Wildman–Crippen MR) is 138 cm³/mol. The zero-order valence-electron chi connectivity index (χ0n) is 20.2. The van der Waals surface area contributed by atoms with Gasteiger partial charge in [0.25, 0.3) is 5.91 Å². The summed E-state index contributed by atoms with van der Waals surface area (Å²) in [6.07, 6.45) is -0.687. The number of carboxylic acid groups (broad SMARTS) is 2. The Morgan fingerprint density at radius 1 is 1.00 bits per heavy atom. The van der Waals surface area contributed by atoms with Crippen molar-refractivity contribution in [3.63, 3.8) is 0 Å². The van der Waals surface area contributed by atoms with Gasteiger partial charge in [0.2, 0.25) is 11.8 Å². The van der Waals surface area contributed by atoms with E-state index in [4.69, 9.17) is 11.1 Å². The maximum absolute atomic E-state index is 13.2. The van der Waals surface area contributed by atoms with E-state index in [0.29, 0.717) is 11.1 Å². The SMILES string of the molecule is Cl.N=C(N)c1ccc(C(=O)NCC(=O)N2CCN([C@@H](Cc3ccccc3)C(=O)O)C(=O)[C@@H]2CC(=O)O)cc1. The van der Waals surface area contributed by atoms with Gasteiger partial charge in [-0.05, 0) is 17.7 Å². The molecule has 13 heteroatoms. The summed E-state index contributed by atoms with van der Waals surface area (Å²) in [5.41, 5.74) is 6.72. The average molecular weight is 546 g/mol. The van der Waals surface area contributed by atoms with Crippen LogP contribution in [0.3, 0.4) is 0 Å². The van der Waals surface area contributed by atoms with Gasteiger partial charge in [-0.15, -0.1) is 12.4 Å². The number of nitrogens with two attached hydrogens (primary N) is 1. The van der Waals surface area contributed by atoms with Crippen molar-refractivity contribution in [2.24, 2.45) is 5.73 Å². The monoisotopic (exact) mass is 545 g/mol. The molecule has 12 nitrogen and oxygen atoms in total. The number of amidine groups is 1. The van der Waals surface area contributed by atoms with E-state index in [-0.39, 0.29) is 43.3 Å². The molecule has 0 aromatic heterocycles. The minimum absolute atomic E-state index is 0. The van der Waals surface area contributed by atoms with E-state index in [1.807, 2.05) is 0 Å². The van der Waals surface area contributed by atoms with Crippen LogP contribution in [0.25, 0.3) is 0 Å². The Labute approximate surface area is 224 Å². The molecule has 38 heavy (non-hydrogen) atoms. The molecule has 0 radical (unpaired) electrons. The Kier molecular flexibility index (Phi) is 10.3. The summed E-state index contributed by atoms with van der Waals surface area (Å²) in [5, 5.41) is 29.0. The van der Waals surface area contributed by atoms with Crippen LogP contribution in [0.1, 0.15) is 27.9 Å². The highest BCUT2D eigenvalue weighted by Crippen LogP contribution is 2.20. The molecule has 0 aliphatic carbocycles. The number of halogens is 1. The molecule has 1 fully saturated rings. The average Bonchev–Trinajstić information content (AvgIpc) is 2.87. The lowest BCUT2D eigenvalue weighted by molar-refractivity contribution is -0.161. The third-order valence-corrected chi connectivity index (χ3v) is 6.01. The molecule has 0 spiro atoms. The maximum Gasteiger partial charge on any atom is 0.326 e. The van der Waals surface area contributed by atoms with E-state index in [0.717, 1.165) is 9.80 Å². The first-order chi connectivity index (χ1) is 17.6. The standard InChI is InChI=1S/C25H27N5O7.ClH/c26-22(27)16-6-8-17(9-7-16)23(34)28-14-20(31)29-10-11-30(24(35)18(29)13-21(32)33)19(25(36)37)12-15-4-2-1-3-5-15;/h1-9,18-19H,10-14H2,(H3,26,27)(H,28,34)(H,32,33)(H,36,37);1H/t18-,19-;/m0./s1. The molecule has 202 valence electrons. The Hall–Kier alpha value is -4.45. The van der Waals surface area contributed by atoms with Gasteiger partial charge in [0, 0.05) is 30.6 Å². The van der Waals surface area contributed by atoms with E-state index in [9.17, 15) is 34.2 Å². The van der Waals surface area contributed by atoms with Gasteiger partial charge in [0.1, 0.15) is 17.9 Å². The molecule has 0 bridgehead atoms. The number of nitrogens with zero attached hydrogens (tertiary/aromatic N) is 2. The van der Waals surface area contributed by atoms with Gasteiger partial charge in [0.15, 0.2) is 0 Å². The number of benzene rings is 2. The fourth-order valence-corrected chi connectivity index (χ4v) is 4.11. The van der Waals surface area contributed by atoms with Gasteiger partial charge in [-0.1, -0.05) is 42.5 Å².